The monoisotopic (exact) mass is 171 g/mol. The van der Waals surface area contributed by atoms with E-state index in [0.29, 0.717) is 0 Å². The Balaban J connectivity index is 2.70. The fourth-order valence-electron chi connectivity index (χ4n) is 1.39. The first kappa shape index (κ1) is 9.68. The number of hydrogen-bond donors (Lipinski definition) is 0. The van der Waals surface area contributed by atoms with Crippen molar-refractivity contribution < 1.29 is 9.47 Å². The predicted molar refractivity (Wildman–Crippen MR) is 48.6 cm³/mol. The third kappa shape index (κ3) is 1.84. The quantitative estimate of drug-likeness (QED) is 0.604. The maximum absolute atomic E-state index is 5.27. The lowest BCUT2D eigenvalue weighted by Gasteiger charge is -2.29. The van der Waals surface area contributed by atoms with Crippen molar-refractivity contribution in [1.29, 1.82) is 0 Å². The van der Waals surface area contributed by atoms with E-state index in [-0.39, 0.29) is 0 Å². The van der Waals surface area contributed by atoms with Crippen LogP contribution in [0.3, 0.4) is 0 Å². The van der Waals surface area contributed by atoms with Gasteiger partial charge in [-0.3, -0.25) is 4.99 Å². The molecule has 1 aliphatic rings. The van der Waals surface area contributed by atoms with E-state index in [0.717, 1.165) is 18.7 Å². The molecule has 3 heteroatoms. The lowest BCUT2D eigenvalue weighted by molar-refractivity contribution is -0.141. The normalized spacial score (nSPS) is 19.1. The van der Waals surface area contributed by atoms with Crippen LogP contribution >= 0.6 is 0 Å². The Morgan fingerprint density at radius 3 is 2.33 bits per heavy atom. The fourth-order valence-corrected chi connectivity index (χ4v) is 1.39. The summed E-state index contributed by atoms with van der Waals surface area (Å²) in [6.07, 6.45) is 3.38. The van der Waals surface area contributed by atoms with Gasteiger partial charge in [0.25, 0.3) is 0 Å². The van der Waals surface area contributed by atoms with Crippen molar-refractivity contribution in [3.8, 4) is 0 Å². The molecule has 0 unspecified atom stereocenters. The lowest BCUT2D eigenvalue weighted by Crippen LogP contribution is -2.40. The molecular formula is C9H17NO2. The average molecular weight is 171 g/mol. The molecule has 70 valence electrons. The Labute approximate surface area is 73.8 Å². The molecule has 0 saturated heterocycles. The molecule has 0 aromatic rings. The van der Waals surface area contributed by atoms with E-state index < -0.39 is 5.79 Å². The molecule has 0 atom stereocenters. The Bertz CT molecular complexity index is 173. The molecule has 3 nitrogen and oxygen atoms in total. The van der Waals surface area contributed by atoms with Crippen LogP contribution in [0.1, 0.15) is 26.2 Å². The zero-order valence-corrected chi connectivity index (χ0v) is 8.09. The lowest BCUT2D eigenvalue weighted by atomic mass is 10.0. The molecule has 12 heavy (non-hydrogen) atoms. The van der Waals surface area contributed by atoms with E-state index in [9.17, 15) is 0 Å². The molecule has 0 spiro atoms. The molecule has 0 saturated carbocycles. The molecule has 0 amide bonds. The highest BCUT2D eigenvalue weighted by atomic mass is 16.7. The summed E-state index contributed by atoms with van der Waals surface area (Å²) in [7, 11) is 3.31. The van der Waals surface area contributed by atoms with Gasteiger partial charge in [0.05, 0.1) is 5.71 Å². The second-order valence-corrected chi connectivity index (χ2v) is 3.14. The highest BCUT2D eigenvalue weighted by Crippen LogP contribution is 2.20. The zero-order valence-electron chi connectivity index (χ0n) is 8.09. The average Bonchev–Trinajstić information content (AvgIpc) is 2.18. The van der Waals surface area contributed by atoms with Crippen LogP contribution in [0.15, 0.2) is 4.99 Å². The number of nitrogens with zero attached hydrogens (tertiary/aromatic N) is 1. The zero-order chi connectivity index (χ0) is 9.03. The van der Waals surface area contributed by atoms with Crippen molar-refractivity contribution in [1.82, 2.24) is 0 Å². The van der Waals surface area contributed by atoms with Crippen molar-refractivity contribution in [2.45, 2.75) is 32.0 Å². The van der Waals surface area contributed by atoms with Gasteiger partial charge in [0.15, 0.2) is 0 Å². The van der Waals surface area contributed by atoms with Gasteiger partial charge < -0.3 is 9.47 Å². The van der Waals surface area contributed by atoms with Gasteiger partial charge in [-0.2, -0.15) is 0 Å². The van der Waals surface area contributed by atoms with Gasteiger partial charge in [0.1, 0.15) is 0 Å². The van der Waals surface area contributed by atoms with Gasteiger partial charge in [-0.15, -0.1) is 0 Å². The van der Waals surface area contributed by atoms with Crippen LogP contribution in [0.25, 0.3) is 0 Å². The van der Waals surface area contributed by atoms with E-state index in [1.54, 1.807) is 14.2 Å². The summed E-state index contributed by atoms with van der Waals surface area (Å²) in [5.41, 5.74) is 1.04. The highest BCUT2D eigenvalue weighted by Gasteiger charge is 2.30. The standard InChI is InChI=1S/C9H17NO2/c1-9(11-2,12-3)8-6-4-5-7-10-8/h4-7H2,1-3H3. The summed E-state index contributed by atoms with van der Waals surface area (Å²) in [6, 6.07) is 0. The minimum absolute atomic E-state index is 0.597. The Morgan fingerprint density at radius 1 is 1.25 bits per heavy atom. The maximum Gasteiger partial charge on any atom is 0.204 e. The van der Waals surface area contributed by atoms with Crippen molar-refractivity contribution in [3.63, 3.8) is 0 Å². The first-order valence-electron chi connectivity index (χ1n) is 4.37. The van der Waals surface area contributed by atoms with Gasteiger partial charge in [-0.05, 0) is 26.2 Å². The Hall–Kier alpha value is -0.410. The molecule has 1 aliphatic heterocycles. The molecule has 0 N–H and O–H groups in total. The Morgan fingerprint density at radius 2 is 1.92 bits per heavy atom. The third-order valence-corrected chi connectivity index (χ3v) is 2.43. The second kappa shape index (κ2) is 4.01. The summed E-state index contributed by atoms with van der Waals surface area (Å²) in [5, 5.41) is 0. The van der Waals surface area contributed by atoms with Crippen molar-refractivity contribution in [2.24, 2.45) is 4.99 Å². The number of hydrogen-bond acceptors (Lipinski definition) is 3. The van der Waals surface area contributed by atoms with Gasteiger partial charge in [-0.1, -0.05) is 0 Å². The summed E-state index contributed by atoms with van der Waals surface area (Å²) in [5.74, 6) is -0.597. The fraction of sp³-hybridized carbons (Fsp3) is 0.889. The van der Waals surface area contributed by atoms with Crippen LogP contribution < -0.4 is 0 Å². The topological polar surface area (TPSA) is 30.8 Å². The summed E-state index contributed by atoms with van der Waals surface area (Å²) in [6.45, 7) is 2.83. The minimum atomic E-state index is -0.597. The Kier molecular flexibility index (Phi) is 3.23. The highest BCUT2D eigenvalue weighted by molar-refractivity contribution is 5.91. The van der Waals surface area contributed by atoms with E-state index >= 15 is 0 Å². The molecule has 0 fully saturated rings. The predicted octanol–water partition coefficient (Wildman–Crippen LogP) is 1.62. The number of ether oxygens (including phenoxy) is 2. The van der Waals surface area contributed by atoms with Gasteiger partial charge in [0.2, 0.25) is 5.79 Å². The number of rotatable bonds is 3. The SMILES string of the molecule is COC(C)(OC)C1=NCCCC1. The first-order chi connectivity index (χ1) is 5.73. The second-order valence-electron chi connectivity index (χ2n) is 3.14. The summed E-state index contributed by atoms with van der Waals surface area (Å²) >= 11 is 0. The minimum Gasteiger partial charge on any atom is -0.349 e. The van der Waals surface area contributed by atoms with Crippen molar-refractivity contribution in [3.05, 3.63) is 0 Å². The summed E-state index contributed by atoms with van der Waals surface area (Å²) < 4.78 is 10.5. The largest absolute Gasteiger partial charge is 0.349 e. The van der Waals surface area contributed by atoms with E-state index in [1.165, 1.54) is 12.8 Å². The maximum atomic E-state index is 5.27. The summed E-state index contributed by atoms with van der Waals surface area (Å²) in [4.78, 5) is 4.41. The molecule has 1 rings (SSSR count). The molecular weight excluding hydrogens is 154 g/mol. The van der Waals surface area contributed by atoms with Gasteiger partial charge in [-0.25, -0.2) is 0 Å². The molecule has 0 aromatic carbocycles. The first-order valence-corrected chi connectivity index (χ1v) is 4.37. The van der Waals surface area contributed by atoms with E-state index in [2.05, 4.69) is 4.99 Å². The van der Waals surface area contributed by atoms with Crippen molar-refractivity contribution >= 4 is 5.71 Å². The van der Waals surface area contributed by atoms with Gasteiger partial charge >= 0.3 is 0 Å². The number of methoxy groups -OCH3 is 2. The molecule has 0 aliphatic carbocycles. The molecule has 0 bridgehead atoms. The van der Waals surface area contributed by atoms with E-state index in [1.807, 2.05) is 6.92 Å². The van der Waals surface area contributed by atoms with Crippen molar-refractivity contribution in [2.75, 3.05) is 20.8 Å². The molecule has 1 heterocycles. The number of aliphatic imine (C=N–C) groups is 1. The van der Waals surface area contributed by atoms with Crippen LogP contribution in [0.4, 0.5) is 0 Å². The van der Waals surface area contributed by atoms with Crippen LogP contribution in [0.5, 0.6) is 0 Å². The van der Waals surface area contributed by atoms with Crippen LogP contribution in [-0.2, 0) is 9.47 Å². The van der Waals surface area contributed by atoms with Crippen LogP contribution in [0.2, 0.25) is 0 Å². The smallest absolute Gasteiger partial charge is 0.204 e. The van der Waals surface area contributed by atoms with E-state index in [4.69, 9.17) is 9.47 Å². The van der Waals surface area contributed by atoms with Crippen LogP contribution in [-0.4, -0.2) is 32.3 Å². The third-order valence-electron chi connectivity index (χ3n) is 2.43. The van der Waals surface area contributed by atoms with Crippen LogP contribution in [0, 0.1) is 0 Å². The molecule has 0 radical (unpaired) electrons. The van der Waals surface area contributed by atoms with Gasteiger partial charge in [0, 0.05) is 20.8 Å². The molecule has 0 aromatic heterocycles.